The number of nitrogens with zero attached hydrogens (tertiary/aromatic N) is 4. The molecule has 2 aromatic rings. The molecule has 2 aliphatic rings. The molecule has 1 saturated carbocycles. The molecule has 2 fully saturated rings. The first kappa shape index (κ1) is 18.3. The lowest BCUT2D eigenvalue weighted by molar-refractivity contribution is -0.00860. The van der Waals surface area contributed by atoms with Crippen LogP contribution in [0.3, 0.4) is 0 Å². The molecule has 0 bridgehead atoms. The standard InChI is InChI=1S/C17H24IN5O2S/c1-16(2,3)25-15(24)22-6-4-17(5-7-22)8-11(9-17)19-13-21-23-10-12(18)20-14(23)26-13/h10-11H,4-9H2,1-3H3,(H,19,21). The highest BCUT2D eigenvalue weighted by molar-refractivity contribution is 14.1. The third-order valence-electron chi connectivity index (χ3n) is 5.18. The lowest BCUT2D eigenvalue weighted by Crippen LogP contribution is -2.53. The molecule has 7 nitrogen and oxygen atoms in total. The fourth-order valence-corrected chi connectivity index (χ4v) is 5.41. The van der Waals surface area contributed by atoms with Crippen LogP contribution in [0.25, 0.3) is 4.96 Å². The molecule has 2 aromatic heterocycles. The van der Waals surface area contributed by atoms with Crippen molar-refractivity contribution in [3.63, 3.8) is 0 Å². The van der Waals surface area contributed by atoms with Crippen molar-refractivity contribution in [2.45, 2.75) is 58.1 Å². The van der Waals surface area contributed by atoms with Crippen molar-refractivity contribution in [2.24, 2.45) is 5.41 Å². The van der Waals surface area contributed by atoms with Crippen LogP contribution in [0, 0.1) is 9.12 Å². The van der Waals surface area contributed by atoms with Gasteiger partial charge in [-0.25, -0.2) is 14.3 Å². The summed E-state index contributed by atoms with van der Waals surface area (Å²) in [4.78, 5) is 19.4. The van der Waals surface area contributed by atoms with Gasteiger partial charge in [0.15, 0.2) is 0 Å². The molecular formula is C17H24IN5O2S. The summed E-state index contributed by atoms with van der Waals surface area (Å²) in [6.07, 6.45) is 6.17. The van der Waals surface area contributed by atoms with E-state index in [0.29, 0.717) is 11.5 Å². The normalized spacial score (nSPS) is 20.4. The highest BCUT2D eigenvalue weighted by Gasteiger charge is 2.47. The van der Waals surface area contributed by atoms with Crippen LogP contribution in [0.2, 0.25) is 0 Å². The van der Waals surface area contributed by atoms with E-state index in [0.717, 1.165) is 52.6 Å². The molecule has 142 valence electrons. The van der Waals surface area contributed by atoms with Crippen molar-refractivity contribution < 1.29 is 9.53 Å². The van der Waals surface area contributed by atoms with Gasteiger partial charge in [0.2, 0.25) is 10.1 Å². The minimum absolute atomic E-state index is 0.179. The SMILES string of the molecule is CC(C)(C)OC(=O)N1CCC2(CC1)CC(Nc1nn3cc(I)nc3s1)C2. The molecule has 1 spiro atoms. The lowest BCUT2D eigenvalue weighted by atomic mass is 9.60. The topological polar surface area (TPSA) is 71.8 Å². The molecule has 1 amide bonds. The Labute approximate surface area is 170 Å². The van der Waals surface area contributed by atoms with Crippen LogP contribution in [0.5, 0.6) is 0 Å². The summed E-state index contributed by atoms with van der Waals surface area (Å²) < 4.78 is 8.29. The Morgan fingerprint density at radius 3 is 2.69 bits per heavy atom. The van der Waals surface area contributed by atoms with E-state index in [9.17, 15) is 4.79 Å². The third-order valence-corrected chi connectivity index (χ3v) is 6.55. The van der Waals surface area contributed by atoms with Crippen LogP contribution in [-0.2, 0) is 4.74 Å². The van der Waals surface area contributed by atoms with Crippen LogP contribution in [-0.4, -0.2) is 50.3 Å². The number of imidazole rings is 1. The zero-order valence-corrected chi connectivity index (χ0v) is 18.3. The van der Waals surface area contributed by atoms with Gasteiger partial charge in [0, 0.05) is 19.1 Å². The van der Waals surface area contributed by atoms with Gasteiger partial charge in [-0.2, -0.15) is 0 Å². The second-order valence-electron chi connectivity index (χ2n) is 8.41. The van der Waals surface area contributed by atoms with Crippen LogP contribution < -0.4 is 5.32 Å². The summed E-state index contributed by atoms with van der Waals surface area (Å²) in [6, 6.07) is 0.470. The first-order valence-electron chi connectivity index (χ1n) is 8.98. The molecule has 0 radical (unpaired) electrons. The number of rotatable bonds is 2. The maximum atomic E-state index is 12.2. The molecule has 1 aliphatic heterocycles. The average Bonchev–Trinajstić information content (AvgIpc) is 3.01. The summed E-state index contributed by atoms with van der Waals surface area (Å²) >= 11 is 3.80. The predicted octanol–water partition coefficient (Wildman–Crippen LogP) is 3.99. The fraction of sp³-hybridized carbons (Fsp3) is 0.706. The van der Waals surface area contributed by atoms with Crippen molar-refractivity contribution in [2.75, 3.05) is 18.4 Å². The zero-order chi connectivity index (χ0) is 18.5. The molecule has 1 aliphatic carbocycles. The van der Waals surface area contributed by atoms with Gasteiger partial charge in [-0.05, 0) is 74.5 Å². The van der Waals surface area contributed by atoms with Gasteiger partial charge in [-0.1, -0.05) is 11.3 Å². The molecule has 0 aromatic carbocycles. The molecule has 0 atom stereocenters. The Bertz CT molecular complexity index is 779. The Balaban J connectivity index is 1.27. The quantitative estimate of drug-likeness (QED) is 0.647. The van der Waals surface area contributed by atoms with Gasteiger partial charge in [0.05, 0.1) is 6.20 Å². The molecule has 9 heteroatoms. The number of hydrogen-bond acceptors (Lipinski definition) is 6. The first-order valence-corrected chi connectivity index (χ1v) is 10.9. The number of halogens is 1. The molecule has 1 saturated heterocycles. The van der Waals surface area contributed by atoms with E-state index in [-0.39, 0.29) is 6.09 Å². The fourth-order valence-electron chi connectivity index (χ4n) is 3.89. The maximum Gasteiger partial charge on any atom is 0.410 e. The minimum atomic E-state index is -0.427. The molecule has 0 unspecified atom stereocenters. The van der Waals surface area contributed by atoms with E-state index in [2.05, 4.69) is 38.0 Å². The van der Waals surface area contributed by atoms with Crippen molar-refractivity contribution in [1.29, 1.82) is 0 Å². The second kappa shape index (κ2) is 6.50. The van der Waals surface area contributed by atoms with Crippen LogP contribution in [0.15, 0.2) is 6.20 Å². The van der Waals surface area contributed by atoms with E-state index in [4.69, 9.17) is 4.74 Å². The number of anilines is 1. The van der Waals surface area contributed by atoms with E-state index in [1.54, 1.807) is 11.3 Å². The number of ether oxygens (including phenoxy) is 1. The smallest absolute Gasteiger partial charge is 0.410 e. The van der Waals surface area contributed by atoms with Crippen molar-refractivity contribution in [3.8, 4) is 0 Å². The first-order chi connectivity index (χ1) is 12.2. The molecule has 3 heterocycles. The number of hydrogen-bond donors (Lipinski definition) is 1. The number of piperidine rings is 1. The van der Waals surface area contributed by atoms with E-state index in [1.165, 1.54) is 0 Å². The molecule has 4 rings (SSSR count). The van der Waals surface area contributed by atoms with Crippen molar-refractivity contribution in [1.82, 2.24) is 19.5 Å². The highest BCUT2D eigenvalue weighted by atomic mass is 127. The van der Waals surface area contributed by atoms with Gasteiger partial charge < -0.3 is 15.0 Å². The number of carbonyl (C=O) groups is 1. The lowest BCUT2D eigenvalue weighted by Gasteiger charge is -2.52. The number of amides is 1. The summed E-state index contributed by atoms with van der Waals surface area (Å²) in [5, 5.41) is 9.03. The summed E-state index contributed by atoms with van der Waals surface area (Å²) in [5.74, 6) is 0. The number of fused-ring (bicyclic) bond motifs is 1. The Kier molecular flexibility index (Phi) is 4.57. The van der Waals surface area contributed by atoms with E-state index in [1.807, 2.05) is 36.4 Å². The third kappa shape index (κ3) is 3.78. The van der Waals surface area contributed by atoms with Crippen molar-refractivity contribution in [3.05, 3.63) is 9.90 Å². The number of carbonyl (C=O) groups excluding carboxylic acids is 1. The largest absolute Gasteiger partial charge is 0.444 e. The maximum absolute atomic E-state index is 12.2. The van der Waals surface area contributed by atoms with Crippen LogP contribution >= 0.6 is 33.9 Å². The Hall–Kier alpha value is -1.10. The van der Waals surface area contributed by atoms with Gasteiger partial charge in [-0.15, -0.1) is 5.10 Å². The summed E-state index contributed by atoms with van der Waals surface area (Å²) in [6.45, 7) is 7.33. The van der Waals surface area contributed by atoms with Crippen LogP contribution in [0.1, 0.15) is 46.5 Å². The number of nitrogens with one attached hydrogen (secondary N) is 1. The zero-order valence-electron chi connectivity index (χ0n) is 15.3. The Morgan fingerprint density at radius 1 is 1.38 bits per heavy atom. The molecule has 26 heavy (non-hydrogen) atoms. The predicted molar refractivity (Wildman–Crippen MR) is 110 cm³/mol. The van der Waals surface area contributed by atoms with E-state index >= 15 is 0 Å². The van der Waals surface area contributed by atoms with Gasteiger partial charge in [0.1, 0.15) is 9.30 Å². The number of aromatic nitrogens is 3. The minimum Gasteiger partial charge on any atom is -0.444 e. The summed E-state index contributed by atoms with van der Waals surface area (Å²) in [7, 11) is 0. The summed E-state index contributed by atoms with van der Waals surface area (Å²) in [5.41, 5.74) is -0.0494. The van der Waals surface area contributed by atoms with Gasteiger partial charge >= 0.3 is 6.09 Å². The highest BCUT2D eigenvalue weighted by Crippen LogP contribution is 2.50. The second-order valence-corrected chi connectivity index (χ2v) is 10.5. The monoisotopic (exact) mass is 489 g/mol. The Morgan fingerprint density at radius 2 is 2.08 bits per heavy atom. The van der Waals surface area contributed by atoms with Crippen molar-refractivity contribution >= 4 is 50.1 Å². The van der Waals surface area contributed by atoms with Crippen LogP contribution in [0.4, 0.5) is 9.93 Å². The van der Waals surface area contributed by atoms with Gasteiger partial charge in [-0.3, -0.25) is 0 Å². The average molecular weight is 489 g/mol. The van der Waals surface area contributed by atoms with E-state index < -0.39 is 5.60 Å². The number of likely N-dealkylation sites (tertiary alicyclic amines) is 1. The van der Waals surface area contributed by atoms with Gasteiger partial charge in [0.25, 0.3) is 0 Å². The molecule has 1 N–H and O–H groups in total. The molecular weight excluding hydrogens is 465 g/mol.